The molecule has 0 spiro atoms. The molecule has 9 nitrogen and oxygen atoms in total. The van der Waals surface area contributed by atoms with Crippen molar-refractivity contribution in [1.82, 2.24) is 20.0 Å². The van der Waals surface area contributed by atoms with Crippen molar-refractivity contribution in [2.45, 2.75) is 24.9 Å². The fourth-order valence-electron chi connectivity index (χ4n) is 5.17. The minimum Gasteiger partial charge on any atom is -0.339 e. The first-order valence-electron chi connectivity index (χ1n) is 11.5. The maximum atomic E-state index is 13.3. The zero-order valence-electron chi connectivity index (χ0n) is 19.1. The van der Waals surface area contributed by atoms with Gasteiger partial charge in [-0.25, -0.2) is 13.2 Å². The molecule has 2 aromatic carbocycles. The summed E-state index contributed by atoms with van der Waals surface area (Å²) in [4.78, 5) is 43.7. The van der Waals surface area contributed by atoms with E-state index in [4.69, 9.17) is 0 Å². The standard InChI is InChI=1S/C24H28N4O5S/c1-24(19-7-6-17-4-2-3-5-18(17)14-19)22(30)28(23(31)25-24)15-21(29)27-11-9-26(10-12-27)20-8-13-34(32,33)16-20/h2-7,14,20H,8-13,15-16H2,1H3,(H,25,31)/t20-,24+/m1/s1. The molecule has 0 unspecified atom stereocenters. The summed E-state index contributed by atoms with van der Waals surface area (Å²) in [5.74, 6) is -0.337. The highest BCUT2D eigenvalue weighted by molar-refractivity contribution is 7.91. The molecule has 2 aromatic rings. The van der Waals surface area contributed by atoms with Crippen LogP contribution in [-0.2, 0) is 25.0 Å². The number of carbonyl (C=O) groups is 3. The van der Waals surface area contributed by atoms with Crippen molar-refractivity contribution in [1.29, 1.82) is 0 Å². The lowest BCUT2D eigenvalue weighted by Crippen LogP contribution is -2.54. The Hall–Kier alpha value is -2.98. The molecule has 3 saturated heterocycles. The minimum atomic E-state index is -2.96. The Balaban J connectivity index is 1.24. The van der Waals surface area contributed by atoms with E-state index in [2.05, 4.69) is 10.2 Å². The second kappa shape index (κ2) is 8.35. The van der Waals surface area contributed by atoms with E-state index >= 15 is 0 Å². The van der Waals surface area contributed by atoms with Gasteiger partial charge in [-0.2, -0.15) is 0 Å². The van der Waals surface area contributed by atoms with Crippen molar-refractivity contribution in [2.75, 3.05) is 44.2 Å². The molecule has 10 heteroatoms. The topological polar surface area (TPSA) is 107 Å². The van der Waals surface area contributed by atoms with E-state index in [1.807, 2.05) is 42.5 Å². The molecule has 1 N–H and O–H groups in total. The Kier molecular flexibility index (Phi) is 5.60. The van der Waals surface area contributed by atoms with Gasteiger partial charge in [0.2, 0.25) is 5.91 Å². The molecule has 3 aliphatic rings. The summed E-state index contributed by atoms with van der Waals surface area (Å²) in [6.07, 6.45) is 0.631. The van der Waals surface area contributed by atoms with E-state index < -0.39 is 27.3 Å². The fourth-order valence-corrected chi connectivity index (χ4v) is 6.93. The average Bonchev–Trinajstić information content (AvgIpc) is 3.30. The predicted octanol–water partition coefficient (Wildman–Crippen LogP) is 0.938. The number of amides is 4. The number of hydrogen-bond donors (Lipinski definition) is 1. The number of sulfone groups is 1. The number of fused-ring (bicyclic) bond motifs is 1. The van der Waals surface area contributed by atoms with Gasteiger partial charge in [0.1, 0.15) is 12.1 Å². The molecule has 0 bridgehead atoms. The van der Waals surface area contributed by atoms with Crippen molar-refractivity contribution in [2.24, 2.45) is 0 Å². The summed E-state index contributed by atoms with van der Waals surface area (Å²) >= 11 is 0. The lowest BCUT2D eigenvalue weighted by Gasteiger charge is -2.38. The van der Waals surface area contributed by atoms with E-state index in [-0.39, 0.29) is 30.0 Å². The van der Waals surface area contributed by atoms with Gasteiger partial charge in [-0.3, -0.25) is 19.4 Å². The van der Waals surface area contributed by atoms with Crippen LogP contribution in [0.2, 0.25) is 0 Å². The highest BCUT2D eigenvalue weighted by Crippen LogP contribution is 2.31. The van der Waals surface area contributed by atoms with Crippen LogP contribution in [0, 0.1) is 0 Å². The predicted molar refractivity (Wildman–Crippen MR) is 127 cm³/mol. The highest BCUT2D eigenvalue weighted by Gasteiger charge is 2.50. The number of urea groups is 1. The van der Waals surface area contributed by atoms with Crippen molar-refractivity contribution in [3.05, 3.63) is 48.0 Å². The number of benzene rings is 2. The Morgan fingerprint density at radius 3 is 2.44 bits per heavy atom. The van der Waals surface area contributed by atoms with E-state index in [0.29, 0.717) is 38.2 Å². The molecule has 0 saturated carbocycles. The molecule has 2 atom stereocenters. The fraction of sp³-hybridized carbons (Fsp3) is 0.458. The molecule has 3 heterocycles. The Labute approximate surface area is 198 Å². The maximum absolute atomic E-state index is 13.3. The van der Waals surface area contributed by atoms with Gasteiger partial charge >= 0.3 is 6.03 Å². The molecule has 0 aromatic heterocycles. The average molecular weight is 485 g/mol. The van der Waals surface area contributed by atoms with Crippen LogP contribution in [0.25, 0.3) is 10.8 Å². The van der Waals surface area contributed by atoms with Gasteiger partial charge in [0, 0.05) is 32.2 Å². The first kappa shape index (κ1) is 22.8. The van der Waals surface area contributed by atoms with Crippen LogP contribution in [-0.4, -0.2) is 91.2 Å². The van der Waals surface area contributed by atoms with Gasteiger partial charge < -0.3 is 10.2 Å². The molecule has 180 valence electrons. The smallest absolute Gasteiger partial charge is 0.325 e. The van der Waals surface area contributed by atoms with Crippen LogP contribution >= 0.6 is 0 Å². The first-order valence-corrected chi connectivity index (χ1v) is 13.3. The second-order valence-corrected chi connectivity index (χ2v) is 11.7. The molecule has 34 heavy (non-hydrogen) atoms. The molecule has 0 aliphatic carbocycles. The van der Waals surface area contributed by atoms with E-state index in [0.717, 1.165) is 15.7 Å². The summed E-state index contributed by atoms with van der Waals surface area (Å²) in [7, 11) is -2.96. The molecule has 3 aliphatic heterocycles. The lowest BCUT2D eigenvalue weighted by atomic mass is 9.90. The SMILES string of the molecule is C[C@@]1(c2ccc3ccccc3c2)NC(=O)N(CC(=O)N2CCN([C@@H]3CCS(=O)(=O)C3)CC2)C1=O. The number of hydrogen-bond acceptors (Lipinski definition) is 6. The van der Waals surface area contributed by atoms with Crippen LogP contribution in [0.15, 0.2) is 42.5 Å². The zero-order chi connectivity index (χ0) is 24.1. The van der Waals surface area contributed by atoms with Crippen LogP contribution in [0.3, 0.4) is 0 Å². The summed E-state index contributed by atoms with van der Waals surface area (Å²) in [6, 6.07) is 12.8. The third kappa shape index (κ3) is 4.05. The van der Waals surface area contributed by atoms with Gasteiger partial charge in [0.25, 0.3) is 5.91 Å². The molecule has 4 amide bonds. The highest BCUT2D eigenvalue weighted by atomic mass is 32.2. The Morgan fingerprint density at radius 2 is 1.76 bits per heavy atom. The van der Waals surface area contributed by atoms with E-state index in [9.17, 15) is 22.8 Å². The quantitative estimate of drug-likeness (QED) is 0.648. The molecular formula is C24H28N4O5S. The number of piperazine rings is 1. The van der Waals surface area contributed by atoms with Gasteiger partial charge in [0.15, 0.2) is 9.84 Å². The van der Waals surface area contributed by atoms with Crippen LogP contribution in [0.5, 0.6) is 0 Å². The molecule has 5 rings (SSSR count). The van der Waals surface area contributed by atoms with Gasteiger partial charge in [-0.15, -0.1) is 0 Å². The molecule has 0 radical (unpaired) electrons. The lowest BCUT2D eigenvalue weighted by molar-refractivity contribution is -0.140. The number of carbonyl (C=O) groups excluding carboxylic acids is 3. The molecular weight excluding hydrogens is 456 g/mol. The third-order valence-electron chi connectivity index (χ3n) is 7.29. The summed E-state index contributed by atoms with van der Waals surface area (Å²) in [5.41, 5.74) is -0.576. The van der Waals surface area contributed by atoms with Crippen LogP contribution < -0.4 is 5.32 Å². The van der Waals surface area contributed by atoms with E-state index in [1.54, 1.807) is 11.8 Å². The maximum Gasteiger partial charge on any atom is 0.325 e. The van der Waals surface area contributed by atoms with Gasteiger partial charge in [-0.05, 0) is 35.7 Å². The van der Waals surface area contributed by atoms with Crippen molar-refractivity contribution in [3.8, 4) is 0 Å². The number of rotatable bonds is 4. The number of imide groups is 1. The summed E-state index contributed by atoms with van der Waals surface area (Å²) < 4.78 is 23.5. The van der Waals surface area contributed by atoms with Crippen molar-refractivity contribution < 1.29 is 22.8 Å². The normalized spacial score (nSPS) is 27.4. The summed E-state index contributed by atoms with van der Waals surface area (Å²) in [5, 5.41) is 4.77. The number of nitrogens with one attached hydrogen (secondary N) is 1. The van der Waals surface area contributed by atoms with Crippen molar-refractivity contribution >= 4 is 38.5 Å². The minimum absolute atomic E-state index is 0.0100. The third-order valence-corrected chi connectivity index (χ3v) is 9.04. The first-order chi connectivity index (χ1) is 16.2. The Morgan fingerprint density at radius 1 is 1.06 bits per heavy atom. The van der Waals surface area contributed by atoms with Gasteiger partial charge in [0.05, 0.1) is 11.5 Å². The summed E-state index contributed by atoms with van der Waals surface area (Å²) in [6.45, 7) is 3.41. The van der Waals surface area contributed by atoms with Crippen LogP contribution in [0.1, 0.15) is 18.9 Å². The number of nitrogens with zero attached hydrogens (tertiary/aromatic N) is 3. The largest absolute Gasteiger partial charge is 0.339 e. The van der Waals surface area contributed by atoms with Crippen molar-refractivity contribution in [3.63, 3.8) is 0 Å². The van der Waals surface area contributed by atoms with Gasteiger partial charge in [-0.1, -0.05) is 36.4 Å². The van der Waals surface area contributed by atoms with Crippen LogP contribution in [0.4, 0.5) is 4.79 Å². The second-order valence-electron chi connectivity index (χ2n) is 9.48. The zero-order valence-corrected chi connectivity index (χ0v) is 19.9. The molecule has 3 fully saturated rings. The monoisotopic (exact) mass is 484 g/mol. The van der Waals surface area contributed by atoms with E-state index in [1.165, 1.54) is 0 Å². The Bertz CT molecular complexity index is 1270.